The number of carbonyl (C=O) groups excluding carboxylic acids is 2. The van der Waals surface area contributed by atoms with Crippen LogP contribution in [0.3, 0.4) is 0 Å². The Bertz CT molecular complexity index is 1280. The number of Topliss-reactive ketones (excluding diaryl/α,β-unsaturated/α-hetero) is 1. The summed E-state index contributed by atoms with van der Waals surface area (Å²) >= 11 is 5.96. The molecule has 196 valence electrons. The third-order valence-corrected chi connectivity index (χ3v) is 7.18. The van der Waals surface area contributed by atoms with Crippen molar-refractivity contribution in [2.24, 2.45) is 11.8 Å². The SMILES string of the molecule is CC(C)CC(=O)CC1CCC(Nc2cc(NC3CC3)c3ncc(C(=O)Nc4ccnc(Cl)c4)n3n2)CC1. The van der Waals surface area contributed by atoms with Crippen molar-refractivity contribution in [2.45, 2.75) is 77.3 Å². The summed E-state index contributed by atoms with van der Waals surface area (Å²) in [6.45, 7) is 4.19. The van der Waals surface area contributed by atoms with E-state index < -0.39 is 0 Å². The molecular formula is C27H34ClN7O2. The van der Waals surface area contributed by atoms with Gasteiger partial charge in [-0.05, 0) is 62.5 Å². The summed E-state index contributed by atoms with van der Waals surface area (Å²) in [6, 6.07) is 5.96. The average Bonchev–Trinajstić information content (AvgIpc) is 3.55. The molecule has 3 heterocycles. The van der Waals surface area contributed by atoms with E-state index in [0.29, 0.717) is 64.5 Å². The fraction of sp³-hybridized carbons (Fsp3) is 0.519. The number of halogens is 1. The summed E-state index contributed by atoms with van der Waals surface area (Å²) in [7, 11) is 0. The Kier molecular flexibility index (Phi) is 7.60. The first-order valence-corrected chi connectivity index (χ1v) is 13.6. The molecule has 0 bridgehead atoms. The Hall–Kier alpha value is -3.20. The second-order valence-electron chi connectivity index (χ2n) is 10.8. The molecule has 3 aromatic heterocycles. The van der Waals surface area contributed by atoms with E-state index in [0.717, 1.165) is 44.2 Å². The zero-order valence-electron chi connectivity index (χ0n) is 21.3. The highest BCUT2D eigenvalue weighted by Gasteiger charge is 2.26. The van der Waals surface area contributed by atoms with Gasteiger partial charge in [0.05, 0.1) is 11.9 Å². The quantitative estimate of drug-likeness (QED) is 0.297. The standard InChI is InChI=1S/C27H34ClN7O2/c1-16(2)11-21(36)12-17-3-5-19(6-4-17)32-25-14-22(31-18-7-8-18)26-30-15-23(35(26)34-25)27(37)33-20-9-10-29-24(28)13-20/h9-10,13-19,31H,3-8,11-12H2,1-2H3,(H,32,34)(H,29,33,37). The molecule has 0 radical (unpaired) electrons. The van der Waals surface area contributed by atoms with E-state index >= 15 is 0 Å². The summed E-state index contributed by atoms with van der Waals surface area (Å²) < 4.78 is 1.60. The van der Waals surface area contributed by atoms with Gasteiger partial charge in [0.25, 0.3) is 5.91 Å². The van der Waals surface area contributed by atoms with Crippen LogP contribution < -0.4 is 16.0 Å². The molecule has 0 aromatic carbocycles. The Morgan fingerprint density at radius 2 is 1.78 bits per heavy atom. The fourth-order valence-corrected chi connectivity index (χ4v) is 5.18. The van der Waals surface area contributed by atoms with Gasteiger partial charge >= 0.3 is 0 Å². The van der Waals surface area contributed by atoms with Crippen molar-refractivity contribution in [3.05, 3.63) is 41.4 Å². The molecule has 2 saturated carbocycles. The molecule has 9 nitrogen and oxygen atoms in total. The zero-order chi connectivity index (χ0) is 25.9. The lowest BCUT2D eigenvalue weighted by Crippen LogP contribution is -2.28. The van der Waals surface area contributed by atoms with Gasteiger partial charge < -0.3 is 16.0 Å². The smallest absolute Gasteiger partial charge is 0.276 e. The molecule has 37 heavy (non-hydrogen) atoms. The Balaban J connectivity index is 1.31. The predicted octanol–water partition coefficient (Wildman–Crippen LogP) is 5.58. The van der Waals surface area contributed by atoms with Gasteiger partial charge in [0.2, 0.25) is 0 Å². The van der Waals surface area contributed by atoms with Crippen molar-refractivity contribution < 1.29 is 9.59 Å². The maximum absolute atomic E-state index is 13.1. The molecule has 3 aromatic rings. The van der Waals surface area contributed by atoms with Gasteiger partial charge in [0.15, 0.2) is 11.3 Å². The van der Waals surface area contributed by atoms with Gasteiger partial charge in [-0.25, -0.2) is 14.5 Å². The molecule has 5 rings (SSSR count). The van der Waals surface area contributed by atoms with Crippen LogP contribution in [0, 0.1) is 11.8 Å². The van der Waals surface area contributed by atoms with Gasteiger partial charge in [0, 0.05) is 42.9 Å². The zero-order valence-corrected chi connectivity index (χ0v) is 22.1. The first-order valence-electron chi connectivity index (χ1n) is 13.2. The van der Waals surface area contributed by atoms with Gasteiger partial charge in [-0.15, -0.1) is 5.10 Å². The first kappa shape index (κ1) is 25.4. The molecule has 2 fully saturated rings. The molecule has 0 atom stereocenters. The predicted molar refractivity (Wildman–Crippen MR) is 145 cm³/mol. The number of anilines is 3. The Labute approximate surface area is 221 Å². The van der Waals surface area contributed by atoms with Gasteiger partial charge in [-0.3, -0.25) is 9.59 Å². The number of aromatic nitrogens is 4. The molecule has 0 unspecified atom stereocenters. The molecule has 2 aliphatic rings. The van der Waals surface area contributed by atoms with E-state index in [4.69, 9.17) is 16.7 Å². The number of nitrogens with zero attached hydrogens (tertiary/aromatic N) is 4. The summed E-state index contributed by atoms with van der Waals surface area (Å²) in [5.74, 6) is 1.65. The van der Waals surface area contributed by atoms with Crippen LogP contribution in [0.2, 0.25) is 5.15 Å². The van der Waals surface area contributed by atoms with Crippen LogP contribution in [0.4, 0.5) is 17.2 Å². The van der Waals surface area contributed by atoms with Gasteiger partial charge in [-0.2, -0.15) is 0 Å². The molecule has 3 N–H and O–H groups in total. The van der Waals surface area contributed by atoms with Crippen LogP contribution in [0.1, 0.15) is 75.7 Å². The second-order valence-corrected chi connectivity index (χ2v) is 11.2. The number of ketones is 1. The number of rotatable bonds is 10. The van der Waals surface area contributed by atoms with Crippen molar-refractivity contribution in [3.63, 3.8) is 0 Å². The van der Waals surface area contributed by atoms with E-state index in [1.54, 1.807) is 29.0 Å². The highest BCUT2D eigenvalue weighted by molar-refractivity contribution is 6.29. The lowest BCUT2D eigenvalue weighted by atomic mass is 9.82. The van der Waals surface area contributed by atoms with E-state index in [-0.39, 0.29) is 11.9 Å². The first-order chi connectivity index (χ1) is 17.8. The monoisotopic (exact) mass is 523 g/mol. The van der Waals surface area contributed by atoms with E-state index in [1.807, 2.05) is 6.07 Å². The van der Waals surface area contributed by atoms with Crippen molar-refractivity contribution >= 4 is 46.1 Å². The normalized spacial score (nSPS) is 19.7. The van der Waals surface area contributed by atoms with Crippen LogP contribution in [0.25, 0.3) is 5.65 Å². The second kappa shape index (κ2) is 11.0. The summed E-state index contributed by atoms with van der Waals surface area (Å²) in [4.78, 5) is 33.8. The van der Waals surface area contributed by atoms with Crippen LogP contribution in [0.5, 0.6) is 0 Å². The number of hydrogen-bond donors (Lipinski definition) is 3. The van der Waals surface area contributed by atoms with Crippen molar-refractivity contribution in [2.75, 3.05) is 16.0 Å². The number of amides is 1. The molecule has 10 heteroatoms. The highest BCUT2D eigenvalue weighted by atomic mass is 35.5. The summed E-state index contributed by atoms with van der Waals surface area (Å²) in [5, 5.41) is 15.0. The minimum Gasteiger partial charge on any atom is -0.379 e. The molecule has 0 spiro atoms. The maximum atomic E-state index is 13.1. The van der Waals surface area contributed by atoms with Crippen LogP contribution >= 0.6 is 11.6 Å². The number of pyridine rings is 1. The molecule has 2 aliphatic carbocycles. The van der Waals surface area contributed by atoms with Gasteiger partial charge in [0.1, 0.15) is 16.8 Å². The van der Waals surface area contributed by atoms with Crippen molar-refractivity contribution in [3.8, 4) is 0 Å². The Morgan fingerprint density at radius 1 is 1.05 bits per heavy atom. The third kappa shape index (κ3) is 6.57. The molecule has 1 amide bonds. The lowest BCUT2D eigenvalue weighted by molar-refractivity contribution is -0.120. The summed E-state index contributed by atoms with van der Waals surface area (Å²) in [6.07, 6.45) is 10.7. The lowest BCUT2D eigenvalue weighted by Gasteiger charge is -2.29. The van der Waals surface area contributed by atoms with E-state index in [9.17, 15) is 9.59 Å². The molecular weight excluding hydrogens is 490 g/mol. The van der Waals surface area contributed by atoms with Crippen LogP contribution in [0.15, 0.2) is 30.6 Å². The number of hydrogen-bond acceptors (Lipinski definition) is 7. The highest BCUT2D eigenvalue weighted by Crippen LogP contribution is 2.32. The van der Waals surface area contributed by atoms with Crippen molar-refractivity contribution in [1.29, 1.82) is 0 Å². The molecule has 0 aliphatic heterocycles. The van der Waals surface area contributed by atoms with Gasteiger partial charge in [-0.1, -0.05) is 25.4 Å². The van der Waals surface area contributed by atoms with Crippen molar-refractivity contribution in [1.82, 2.24) is 19.6 Å². The number of nitrogens with one attached hydrogen (secondary N) is 3. The van der Waals surface area contributed by atoms with E-state index in [1.165, 1.54) is 0 Å². The fourth-order valence-electron chi connectivity index (χ4n) is 5.00. The van der Waals surface area contributed by atoms with Crippen LogP contribution in [-0.2, 0) is 4.79 Å². The average molecular weight is 524 g/mol. The molecule has 0 saturated heterocycles. The maximum Gasteiger partial charge on any atom is 0.276 e. The van der Waals surface area contributed by atoms with E-state index in [2.05, 4.69) is 39.8 Å². The topological polar surface area (TPSA) is 113 Å². The number of imidazole rings is 1. The largest absolute Gasteiger partial charge is 0.379 e. The minimum absolute atomic E-state index is 0.273. The minimum atomic E-state index is -0.330. The Morgan fingerprint density at radius 3 is 2.49 bits per heavy atom. The number of fused-ring (bicyclic) bond motifs is 1. The third-order valence-electron chi connectivity index (χ3n) is 6.97. The summed E-state index contributed by atoms with van der Waals surface area (Å²) in [5.41, 5.74) is 2.36. The number of carbonyl (C=O) groups is 2. The van der Waals surface area contributed by atoms with Crippen LogP contribution in [-0.4, -0.2) is 43.4 Å².